The predicted molar refractivity (Wildman–Crippen MR) is 85.3 cm³/mol. The summed E-state index contributed by atoms with van der Waals surface area (Å²) in [6, 6.07) is 1.26. The van der Waals surface area contributed by atoms with E-state index in [1.165, 1.54) is 45.6 Å². The van der Waals surface area contributed by atoms with Gasteiger partial charge in [-0.05, 0) is 38.1 Å². The van der Waals surface area contributed by atoms with Gasteiger partial charge in [0.25, 0.3) is 0 Å². The lowest BCUT2D eigenvalue weighted by Crippen LogP contribution is -2.52. The molecule has 0 radical (unpaired) electrons. The Balaban J connectivity index is 1.86. The van der Waals surface area contributed by atoms with Crippen LogP contribution in [0.3, 0.4) is 0 Å². The van der Waals surface area contributed by atoms with Crippen molar-refractivity contribution in [3.8, 4) is 0 Å². The number of esters is 1. The van der Waals surface area contributed by atoms with Crippen LogP contribution >= 0.6 is 0 Å². The maximum Gasteiger partial charge on any atom is 0.305 e. The van der Waals surface area contributed by atoms with Crippen molar-refractivity contribution in [1.82, 2.24) is 10.2 Å². The summed E-state index contributed by atoms with van der Waals surface area (Å²) in [7, 11) is 1.49. The molecular formula is C17H32N2O2. The molecule has 0 amide bonds. The van der Waals surface area contributed by atoms with Crippen LogP contribution in [0, 0.1) is 5.92 Å². The smallest absolute Gasteiger partial charge is 0.305 e. The molecule has 21 heavy (non-hydrogen) atoms. The Morgan fingerprint density at radius 1 is 1.24 bits per heavy atom. The normalized spacial score (nSPS) is 27.9. The topological polar surface area (TPSA) is 41.6 Å². The highest BCUT2D eigenvalue weighted by Crippen LogP contribution is 2.24. The Kier molecular flexibility index (Phi) is 6.97. The molecule has 2 atom stereocenters. The zero-order chi connectivity index (χ0) is 15.1. The fraction of sp³-hybridized carbons (Fsp3) is 0.941. The maximum atomic E-state index is 11.6. The number of nitrogens with one attached hydrogen (secondary N) is 1. The molecule has 1 saturated heterocycles. The zero-order valence-electron chi connectivity index (χ0n) is 13.8. The summed E-state index contributed by atoms with van der Waals surface area (Å²) < 4.78 is 4.86. The van der Waals surface area contributed by atoms with E-state index in [2.05, 4.69) is 17.1 Å². The number of likely N-dealkylation sites (tertiary alicyclic amines) is 1. The van der Waals surface area contributed by atoms with Crippen LogP contribution in [-0.2, 0) is 9.53 Å². The average molecular weight is 296 g/mol. The molecular weight excluding hydrogens is 264 g/mol. The van der Waals surface area contributed by atoms with Gasteiger partial charge in [-0.15, -0.1) is 0 Å². The lowest BCUT2D eigenvalue weighted by atomic mass is 9.90. The predicted octanol–water partition coefficient (Wildman–Crippen LogP) is 2.57. The summed E-state index contributed by atoms with van der Waals surface area (Å²) in [5.41, 5.74) is 0. The number of unbranched alkanes of at least 4 members (excludes halogenated alkanes) is 1. The zero-order valence-corrected chi connectivity index (χ0v) is 13.8. The molecule has 1 heterocycles. The molecule has 1 saturated carbocycles. The number of rotatable bonds is 7. The van der Waals surface area contributed by atoms with Crippen LogP contribution < -0.4 is 5.32 Å². The van der Waals surface area contributed by atoms with Gasteiger partial charge >= 0.3 is 5.97 Å². The Bertz CT molecular complexity index is 316. The van der Waals surface area contributed by atoms with Crippen molar-refractivity contribution in [2.75, 3.05) is 26.7 Å². The largest absolute Gasteiger partial charge is 0.469 e. The number of hydrogen-bond acceptors (Lipinski definition) is 4. The molecule has 0 spiro atoms. The molecule has 0 aromatic heterocycles. The molecule has 1 N–H and O–H groups in total. The minimum absolute atomic E-state index is 0.0584. The molecule has 2 aliphatic rings. The molecule has 1 aliphatic heterocycles. The maximum absolute atomic E-state index is 11.6. The average Bonchev–Trinajstić information content (AvgIpc) is 2.97. The first-order valence-electron chi connectivity index (χ1n) is 8.76. The highest BCUT2D eigenvalue weighted by atomic mass is 16.5. The summed E-state index contributed by atoms with van der Waals surface area (Å²) in [6.45, 7) is 5.60. The Morgan fingerprint density at radius 3 is 2.67 bits per heavy atom. The minimum Gasteiger partial charge on any atom is -0.469 e. The third kappa shape index (κ3) is 5.59. The fourth-order valence-corrected chi connectivity index (χ4v) is 3.88. The van der Waals surface area contributed by atoms with Gasteiger partial charge in [-0.25, -0.2) is 0 Å². The van der Waals surface area contributed by atoms with Gasteiger partial charge in [-0.3, -0.25) is 4.79 Å². The first kappa shape index (κ1) is 16.8. The molecule has 1 aliphatic carbocycles. The standard InChI is InChI=1S/C17H32N2O2/c1-3-4-9-19-12-14(11-17(20)21-2)10-16(13-19)18-15-7-5-6-8-15/h14-16,18H,3-13H2,1-2H3. The number of hydrogen-bond donors (Lipinski definition) is 1. The number of carbonyl (C=O) groups is 1. The van der Waals surface area contributed by atoms with Crippen LogP contribution in [0.4, 0.5) is 0 Å². The molecule has 4 nitrogen and oxygen atoms in total. The van der Waals surface area contributed by atoms with Gasteiger partial charge < -0.3 is 15.0 Å². The second-order valence-corrected chi connectivity index (χ2v) is 6.84. The quantitative estimate of drug-likeness (QED) is 0.733. The summed E-state index contributed by atoms with van der Waals surface area (Å²) in [4.78, 5) is 14.1. The molecule has 2 unspecified atom stereocenters. The number of nitrogens with zero attached hydrogens (tertiary/aromatic N) is 1. The summed E-state index contributed by atoms with van der Waals surface area (Å²) in [5.74, 6) is 0.388. The number of piperidine rings is 1. The number of ether oxygens (including phenoxy) is 1. The Hall–Kier alpha value is -0.610. The van der Waals surface area contributed by atoms with Gasteiger partial charge in [0.05, 0.1) is 7.11 Å². The van der Waals surface area contributed by atoms with Gasteiger partial charge in [-0.1, -0.05) is 26.2 Å². The van der Waals surface area contributed by atoms with Gasteiger partial charge in [-0.2, -0.15) is 0 Å². The van der Waals surface area contributed by atoms with Crippen molar-refractivity contribution < 1.29 is 9.53 Å². The second kappa shape index (κ2) is 8.74. The van der Waals surface area contributed by atoms with Crippen LogP contribution in [-0.4, -0.2) is 49.7 Å². The second-order valence-electron chi connectivity index (χ2n) is 6.84. The van der Waals surface area contributed by atoms with Crippen molar-refractivity contribution in [2.45, 2.75) is 70.4 Å². The van der Waals surface area contributed by atoms with Crippen molar-refractivity contribution in [1.29, 1.82) is 0 Å². The highest BCUT2D eigenvalue weighted by molar-refractivity contribution is 5.69. The summed E-state index contributed by atoms with van der Waals surface area (Å²) in [5, 5.41) is 3.85. The Labute approximate surface area is 129 Å². The highest BCUT2D eigenvalue weighted by Gasteiger charge is 2.30. The molecule has 4 heteroatoms. The van der Waals surface area contributed by atoms with E-state index in [1.54, 1.807) is 0 Å². The van der Waals surface area contributed by atoms with Gasteiger partial charge in [0.1, 0.15) is 0 Å². The number of carbonyl (C=O) groups excluding carboxylic acids is 1. The Morgan fingerprint density at radius 2 is 2.00 bits per heavy atom. The van der Waals surface area contributed by atoms with E-state index >= 15 is 0 Å². The van der Waals surface area contributed by atoms with E-state index < -0.39 is 0 Å². The van der Waals surface area contributed by atoms with Crippen LogP contribution in [0.25, 0.3) is 0 Å². The van der Waals surface area contributed by atoms with Crippen LogP contribution in [0.2, 0.25) is 0 Å². The van der Waals surface area contributed by atoms with E-state index in [-0.39, 0.29) is 5.97 Å². The van der Waals surface area contributed by atoms with Crippen molar-refractivity contribution in [3.63, 3.8) is 0 Å². The van der Waals surface area contributed by atoms with Crippen molar-refractivity contribution in [3.05, 3.63) is 0 Å². The molecule has 0 aromatic rings. The first-order valence-corrected chi connectivity index (χ1v) is 8.76. The van der Waals surface area contributed by atoms with Crippen LogP contribution in [0.5, 0.6) is 0 Å². The molecule has 2 rings (SSSR count). The first-order chi connectivity index (χ1) is 10.2. The monoisotopic (exact) mass is 296 g/mol. The minimum atomic E-state index is -0.0584. The van der Waals surface area contributed by atoms with E-state index in [1.807, 2.05) is 0 Å². The van der Waals surface area contributed by atoms with E-state index in [9.17, 15) is 4.79 Å². The van der Waals surface area contributed by atoms with Crippen molar-refractivity contribution >= 4 is 5.97 Å². The third-order valence-electron chi connectivity index (χ3n) is 4.95. The third-order valence-corrected chi connectivity index (χ3v) is 4.95. The van der Waals surface area contributed by atoms with E-state index in [0.717, 1.165) is 26.1 Å². The lowest BCUT2D eigenvalue weighted by molar-refractivity contribution is -0.142. The number of methoxy groups -OCH3 is 1. The molecule has 0 aromatic carbocycles. The molecule has 0 bridgehead atoms. The molecule has 122 valence electrons. The van der Waals surface area contributed by atoms with Crippen LogP contribution in [0.1, 0.15) is 58.3 Å². The molecule has 2 fully saturated rings. The van der Waals surface area contributed by atoms with Gasteiger partial charge in [0.15, 0.2) is 0 Å². The van der Waals surface area contributed by atoms with Crippen LogP contribution in [0.15, 0.2) is 0 Å². The SMILES string of the molecule is CCCCN1CC(CC(=O)OC)CC(NC2CCCC2)C1. The lowest BCUT2D eigenvalue weighted by Gasteiger charge is -2.39. The van der Waals surface area contributed by atoms with Crippen molar-refractivity contribution in [2.24, 2.45) is 5.92 Å². The van der Waals surface area contributed by atoms with E-state index in [4.69, 9.17) is 4.74 Å². The summed E-state index contributed by atoms with van der Waals surface area (Å²) in [6.07, 6.45) is 9.57. The summed E-state index contributed by atoms with van der Waals surface area (Å²) >= 11 is 0. The van der Waals surface area contributed by atoms with Gasteiger partial charge in [0, 0.05) is 31.6 Å². The van der Waals surface area contributed by atoms with Gasteiger partial charge in [0.2, 0.25) is 0 Å². The fourth-order valence-electron chi connectivity index (χ4n) is 3.88. The van der Waals surface area contributed by atoms with E-state index in [0.29, 0.717) is 24.4 Å².